The molecule has 2 N–H and O–H groups in total. The average molecular weight is 278 g/mol. The van der Waals surface area contributed by atoms with E-state index in [1.54, 1.807) is 17.6 Å². The van der Waals surface area contributed by atoms with Crippen molar-refractivity contribution in [2.24, 2.45) is 0 Å². The maximum absolute atomic E-state index is 11.0. The molecule has 0 aromatic carbocycles. The molecule has 2 aromatic heterocycles. The number of nitrogens with zero attached hydrogens (tertiary/aromatic N) is 1. The van der Waals surface area contributed by atoms with E-state index in [4.69, 9.17) is 9.84 Å². The Balaban J connectivity index is 1.98. The second-order valence-electron chi connectivity index (χ2n) is 3.75. The summed E-state index contributed by atoms with van der Waals surface area (Å²) >= 11 is 1.23. The van der Waals surface area contributed by atoms with Gasteiger partial charge in [-0.1, -0.05) is 0 Å². The van der Waals surface area contributed by atoms with Gasteiger partial charge < -0.3 is 15.2 Å². The second kappa shape index (κ2) is 6.19. The van der Waals surface area contributed by atoms with Crippen molar-refractivity contribution in [1.82, 2.24) is 4.98 Å². The van der Waals surface area contributed by atoms with Gasteiger partial charge in [0.2, 0.25) is 5.88 Å². The van der Waals surface area contributed by atoms with Crippen molar-refractivity contribution in [1.29, 1.82) is 0 Å². The van der Waals surface area contributed by atoms with Gasteiger partial charge >= 0.3 is 5.97 Å². The molecule has 0 radical (unpaired) electrons. The SMILES string of the molecule is CCOc1ccc(NCc2ccsc2C(=O)O)cn1. The van der Waals surface area contributed by atoms with Crippen molar-refractivity contribution in [3.05, 3.63) is 40.2 Å². The summed E-state index contributed by atoms with van der Waals surface area (Å²) in [6, 6.07) is 5.44. The molecule has 0 spiro atoms. The average Bonchev–Trinajstić information content (AvgIpc) is 2.87. The third-order valence-electron chi connectivity index (χ3n) is 2.45. The third kappa shape index (κ3) is 3.45. The highest BCUT2D eigenvalue weighted by Crippen LogP contribution is 2.19. The van der Waals surface area contributed by atoms with Crippen LogP contribution in [0.4, 0.5) is 5.69 Å². The van der Waals surface area contributed by atoms with Gasteiger partial charge in [0.1, 0.15) is 4.88 Å². The molecular weight excluding hydrogens is 264 g/mol. The zero-order valence-electron chi connectivity index (χ0n) is 10.4. The molecule has 0 saturated carbocycles. The molecule has 0 aliphatic heterocycles. The summed E-state index contributed by atoms with van der Waals surface area (Å²) in [5, 5.41) is 13.9. The summed E-state index contributed by atoms with van der Waals surface area (Å²) in [5.41, 5.74) is 1.59. The van der Waals surface area contributed by atoms with E-state index < -0.39 is 5.97 Å². The highest BCUT2D eigenvalue weighted by molar-refractivity contribution is 7.12. The number of hydrogen-bond acceptors (Lipinski definition) is 5. The first-order valence-electron chi connectivity index (χ1n) is 5.83. The van der Waals surface area contributed by atoms with E-state index in [2.05, 4.69) is 10.3 Å². The fourth-order valence-corrected chi connectivity index (χ4v) is 2.34. The van der Waals surface area contributed by atoms with Gasteiger partial charge in [-0.3, -0.25) is 0 Å². The quantitative estimate of drug-likeness (QED) is 0.850. The number of carboxylic acids is 1. The van der Waals surface area contributed by atoms with Gasteiger partial charge in [-0.2, -0.15) is 0 Å². The molecule has 0 bridgehead atoms. The largest absolute Gasteiger partial charge is 0.478 e. The lowest BCUT2D eigenvalue weighted by atomic mass is 10.2. The summed E-state index contributed by atoms with van der Waals surface area (Å²) in [4.78, 5) is 15.5. The van der Waals surface area contributed by atoms with Crippen molar-refractivity contribution in [3.8, 4) is 5.88 Å². The lowest BCUT2D eigenvalue weighted by Crippen LogP contribution is -2.04. The fourth-order valence-electron chi connectivity index (χ4n) is 1.58. The van der Waals surface area contributed by atoms with Crippen LogP contribution in [0.5, 0.6) is 5.88 Å². The molecule has 2 aromatic rings. The molecule has 2 heterocycles. The summed E-state index contributed by atoms with van der Waals surface area (Å²) < 4.78 is 5.25. The van der Waals surface area contributed by atoms with E-state index in [-0.39, 0.29) is 0 Å². The lowest BCUT2D eigenvalue weighted by molar-refractivity contribution is 0.0701. The van der Waals surface area contributed by atoms with Crippen LogP contribution >= 0.6 is 11.3 Å². The van der Waals surface area contributed by atoms with Crippen LogP contribution < -0.4 is 10.1 Å². The zero-order valence-corrected chi connectivity index (χ0v) is 11.2. The first kappa shape index (κ1) is 13.4. The van der Waals surface area contributed by atoms with Crippen LogP contribution in [0.1, 0.15) is 22.2 Å². The Bertz CT molecular complexity index is 551. The van der Waals surface area contributed by atoms with Crippen LogP contribution in [0.15, 0.2) is 29.8 Å². The predicted molar refractivity (Wildman–Crippen MR) is 74.0 cm³/mol. The fraction of sp³-hybridized carbons (Fsp3) is 0.231. The molecule has 0 unspecified atom stereocenters. The lowest BCUT2D eigenvalue weighted by Gasteiger charge is -2.07. The van der Waals surface area contributed by atoms with Crippen molar-refractivity contribution in [2.75, 3.05) is 11.9 Å². The number of carboxylic acid groups (broad SMARTS) is 1. The van der Waals surface area contributed by atoms with Gasteiger partial charge in [0.05, 0.1) is 18.5 Å². The van der Waals surface area contributed by atoms with E-state index in [0.717, 1.165) is 11.3 Å². The Morgan fingerprint density at radius 3 is 2.95 bits per heavy atom. The van der Waals surface area contributed by atoms with Crippen LogP contribution in [-0.4, -0.2) is 22.7 Å². The van der Waals surface area contributed by atoms with Gasteiger partial charge in [0.15, 0.2) is 0 Å². The van der Waals surface area contributed by atoms with E-state index in [1.165, 1.54) is 11.3 Å². The van der Waals surface area contributed by atoms with Gasteiger partial charge in [-0.05, 0) is 30.0 Å². The monoisotopic (exact) mass is 278 g/mol. The summed E-state index contributed by atoms with van der Waals surface area (Å²) in [6.45, 7) is 2.94. The minimum absolute atomic E-state index is 0.367. The number of aromatic carboxylic acids is 1. The number of hydrogen-bond donors (Lipinski definition) is 2. The summed E-state index contributed by atoms with van der Waals surface area (Å²) in [7, 11) is 0. The molecular formula is C13H14N2O3S. The molecule has 5 nitrogen and oxygen atoms in total. The van der Waals surface area contributed by atoms with Gasteiger partial charge in [-0.15, -0.1) is 11.3 Å². The van der Waals surface area contributed by atoms with E-state index in [1.807, 2.05) is 19.1 Å². The molecule has 19 heavy (non-hydrogen) atoms. The Kier molecular flexibility index (Phi) is 4.35. The van der Waals surface area contributed by atoms with Gasteiger partial charge in [0, 0.05) is 12.6 Å². The number of rotatable bonds is 6. The Morgan fingerprint density at radius 2 is 2.32 bits per heavy atom. The molecule has 0 atom stereocenters. The predicted octanol–water partition coefficient (Wildman–Crippen LogP) is 2.85. The minimum Gasteiger partial charge on any atom is -0.478 e. The van der Waals surface area contributed by atoms with Crippen molar-refractivity contribution in [2.45, 2.75) is 13.5 Å². The van der Waals surface area contributed by atoms with Crippen molar-refractivity contribution in [3.63, 3.8) is 0 Å². The number of ether oxygens (including phenoxy) is 1. The first-order valence-corrected chi connectivity index (χ1v) is 6.71. The van der Waals surface area contributed by atoms with Gasteiger partial charge in [-0.25, -0.2) is 9.78 Å². The molecule has 0 amide bonds. The number of carbonyl (C=O) groups is 1. The molecule has 2 rings (SSSR count). The highest BCUT2D eigenvalue weighted by Gasteiger charge is 2.10. The van der Waals surface area contributed by atoms with E-state index in [0.29, 0.717) is 23.9 Å². The Labute approximate surface area is 114 Å². The van der Waals surface area contributed by atoms with Gasteiger partial charge in [0.25, 0.3) is 0 Å². The smallest absolute Gasteiger partial charge is 0.346 e. The number of pyridine rings is 1. The number of aromatic nitrogens is 1. The normalized spacial score (nSPS) is 10.2. The maximum atomic E-state index is 11.0. The molecule has 100 valence electrons. The standard InChI is InChI=1S/C13H14N2O3S/c1-2-18-11-4-3-10(8-15-11)14-7-9-5-6-19-12(9)13(16)17/h3-6,8,14H,2,7H2,1H3,(H,16,17). The molecule has 6 heteroatoms. The topological polar surface area (TPSA) is 71.5 Å². The number of anilines is 1. The van der Waals surface area contributed by atoms with E-state index >= 15 is 0 Å². The number of thiophene rings is 1. The van der Waals surface area contributed by atoms with Crippen LogP contribution in [0.3, 0.4) is 0 Å². The Morgan fingerprint density at radius 1 is 1.47 bits per heavy atom. The van der Waals surface area contributed by atoms with E-state index in [9.17, 15) is 4.79 Å². The first-order chi connectivity index (χ1) is 9.20. The van der Waals surface area contributed by atoms with Crippen molar-refractivity contribution < 1.29 is 14.6 Å². The maximum Gasteiger partial charge on any atom is 0.346 e. The van der Waals surface area contributed by atoms with Crippen LogP contribution in [0.25, 0.3) is 0 Å². The molecule has 0 saturated heterocycles. The molecule has 0 aliphatic rings. The third-order valence-corrected chi connectivity index (χ3v) is 3.40. The molecule has 0 aliphatic carbocycles. The highest BCUT2D eigenvalue weighted by atomic mass is 32.1. The van der Waals surface area contributed by atoms with Crippen molar-refractivity contribution >= 4 is 23.0 Å². The zero-order chi connectivity index (χ0) is 13.7. The molecule has 0 fully saturated rings. The van der Waals surface area contributed by atoms with Crippen LogP contribution in [0.2, 0.25) is 0 Å². The number of nitrogens with one attached hydrogen (secondary N) is 1. The summed E-state index contributed by atoms with van der Waals surface area (Å²) in [5.74, 6) is -0.313. The second-order valence-corrected chi connectivity index (χ2v) is 4.67. The van der Waals surface area contributed by atoms with Crippen LogP contribution in [-0.2, 0) is 6.54 Å². The minimum atomic E-state index is -0.892. The Hall–Kier alpha value is -2.08. The summed E-state index contributed by atoms with van der Waals surface area (Å²) in [6.07, 6.45) is 1.66. The van der Waals surface area contributed by atoms with Crippen LogP contribution in [0, 0.1) is 0 Å².